The molecular formula is C11H17NOS. The minimum absolute atomic E-state index is 0.0980. The fourth-order valence-electron chi connectivity index (χ4n) is 2.21. The lowest BCUT2D eigenvalue weighted by Gasteiger charge is -2.18. The quantitative estimate of drug-likeness (QED) is 0.763. The largest absolute Gasteiger partial charge is 0.393 e. The van der Waals surface area contributed by atoms with Crippen LogP contribution in [-0.2, 0) is 6.42 Å². The van der Waals surface area contributed by atoms with Crippen molar-refractivity contribution in [2.45, 2.75) is 44.6 Å². The lowest BCUT2D eigenvalue weighted by Crippen LogP contribution is -2.21. The Morgan fingerprint density at radius 1 is 1.36 bits per heavy atom. The highest BCUT2D eigenvalue weighted by Crippen LogP contribution is 2.26. The number of aliphatic hydroxyl groups excluding tert-OH is 1. The zero-order valence-corrected chi connectivity index (χ0v) is 9.17. The smallest absolute Gasteiger partial charge is 0.0794 e. The molecule has 1 aromatic heterocycles. The molecule has 2 atom stereocenters. The van der Waals surface area contributed by atoms with Crippen LogP contribution in [0.25, 0.3) is 0 Å². The standard InChI is InChI=1S/C11H17NOS/c13-11-5-3-1-2-4-9(11)6-10-7-14-8-12-10/h7-9,11,13H,1-6H2. The zero-order valence-electron chi connectivity index (χ0n) is 8.35. The number of thiazole rings is 1. The summed E-state index contributed by atoms with van der Waals surface area (Å²) in [7, 11) is 0. The average molecular weight is 211 g/mol. The Morgan fingerprint density at radius 3 is 3.00 bits per heavy atom. The molecule has 1 fully saturated rings. The number of hydrogen-bond donors (Lipinski definition) is 1. The fraction of sp³-hybridized carbons (Fsp3) is 0.727. The van der Waals surface area contributed by atoms with Crippen molar-refractivity contribution >= 4 is 11.3 Å². The monoisotopic (exact) mass is 211 g/mol. The van der Waals surface area contributed by atoms with Crippen LogP contribution in [0.2, 0.25) is 0 Å². The van der Waals surface area contributed by atoms with Crippen LogP contribution in [0.15, 0.2) is 10.9 Å². The molecule has 2 unspecified atom stereocenters. The molecular weight excluding hydrogens is 194 g/mol. The van der Waals surface area contributed by atoms with E-state index in [1.54, 1.807) is 11.3 Å². The topological polar surface area (TPSA) is 33.1 Å². The minimum atomic E-state index is -0.0980. The van der Waals surface area contributed by atoms with Crippen molar-refractivity contribution in [1.82, 2.24) is 4.98 Å². The van der Waals surface area contributed by atoms with Crippen LogP contribution in [0.3, 0.4) is 0 Å². The Labute approximate surface area is 89.0 Å². The van der Waals surface area contributed by atoms with Crippen LogP contribution in [-0.4, -0.2) is 16.2 Å². The molecule has 1 heterocycles. The number of nitrogens with zero attached hydrogens (tertiary/aromatic N) is 1. The fourth-order valence-corrected chi connectivity index (χ4v) is 2.78. The number of aromatic nitrogens is 1. The first-order valence-electron chi connectivity index (χ1n) is 5.41. The summed E-state index contributed by atoms with van der Waals surface area (Å²) in [6.07, 6.45) is 6.75. The van der Waals surface area contributed by atoms with Gasteiger partial charge in [-0.15, -0.1) is 11.3 Å². The molecule has 0 aliphatic heterocycles. The Hall–Kier alpha value is -0.410. The van der Waals surface area contributed by atoms with E-state index in [2.05, 4.69) is 10.4 Å². The molecule has 1 aromatic rings. The Kier molecular flexibility index (Phi) is 3.54. The summed E-state index contributed by atoms with van der Waals surface area (Å²) < 4.78 is 0. The van der Waals surface area contributed by atoms with Crippen LogP contribution in [0, 0.1) is 5.92 Å². The molecule has 1 aliphatic carbocycles. The maximum absolute atomic E-state index is 9.92. The second-order valence-corrected chi connectivity index (χ2v) is 4.87. The normalized spacial score (nSPS) is 28.6. The van der Waals surface area contributed by atoms with Gasteiger partial charge in [-0.25, -0.2) is 4.98 Å². The molecule has 0 spiro atoms. The van der Waals surface area contributed by atoms with Crippen LogP contribution in [0.4, 0.5) is 0 Å². The maximum atomic E-state index is 9.92. The summed E-state index contributed by atoms with van der Waals surface area (Å²) in [5.41, 5.74) is 3.03. The number of aliphatic hydroxyl groups is 1. The van der Waals surface area contributed by atoms with Crippen molar-refractivity contribution in [1.29, 1.82) is 0 Å². The van der Waals surface area contributed by atoms with Gasteiger partial charge in [0.2, 0.25) is 0 Å². The van der Waals surface area contributed by atoms with Gasteiger partial charge in [-0.1, -0.05) is 19.3 Å². The molecule has 2 nitrogen and oxygen atoms in total. The molecule has 0 amide bonds. The molecule has 0 aromatic carbocycles. The second-order valence-electron chi connectivity index (χ2n) is 4.15. The van der Waals surface area contributed by atoms with E-state index in [1.165, 1.54) is 25.7 Å². The summed E-state index contributed by atoms with van der Waals surface area (Å²) >= 11 is 1.64. The number of hydrogen-bond acceptors (Lipinski definition) is 3. The Balaban J connectivity index is 1.94. The van der Waals surface area contributed by atoms with Gasteiger partial charge in [0.15, 0.2) is 0 Å². The lowest BCUT2D eigenvalue weighted by atomic mass is 9.93. The van der Waals surface area contributed by atoms with Crippen molar-refractivity contribution in [3.8, 4) is 0 Å². The van der Waals surface area contributed by atoms with Crippen molar-refractivity contribution in [2.75, 3.05) is 0 Å². The van der Waals surface area contributed by atoms with E-state index in [0.29, 0.717) is 5.92 Å². The molecule has 2 rings (SSSR count). The van der Waals surface area contributed by atoms with E-state index < -0.39 is 0 Å². The van der Waals surface area contributed by atoms with Crippen molar-refractivity contribution in [3.63, 3.8) is 0 Å². The minimum Gasteiger partial charge on any atom is -0.393 e. The molecule has 1 aliphatic rings. The molecule has 1 N–H and O–H groups in total. The van der Waals surface area contributed by atoms with Crippen molar-refractivity contribution < 1.29 is 5.11 Å². The van der Waals surface area contributed by atoms with E-state index in [0.717, 1.165) is 18.5 Å². The summed E-state index contributed by atoms with van der Waals surface area (Å²) in [6.45, 7) is 0. The third kappa shape index (κ3) is 2.55. The van der Waals surface area contributed by atoms with E-state index in [-0.39, 0.29) is 6.10 Å². The molecule has 0 bridgehead atoms. The van der Waals surface area contributed by atoms with E-state index >= 15 is 0 Å². The highest BCUT2D eigenvalue weighted by atomic mass is 32.1. The molecule has 0 radical (unpaired) electrons. The highest BCUT2D eigenvalue weighted by Gasteiger charge is 2.22. The van der Waals surface area contributed by atoms with Gasteiger partial charge >= 0.3 is 0 Å². The van der Waals surface area contributed by atoms with Crippen LogP contribution in [0.5, 0.6) is 0 Å². The summed E-state index contributed by atoms with van der Waals surface area (Å²) in [4.78, 5) is 4.28. The summed E-state index contributed by atoms with van der Waals surface area (Å²) in [6, 6.07) is 0. The second kappa shape index (κ2) is 4.89. The van der Waals surface area contributed by atoms with Gasteiger partial charge in [-0.2, -0.15) is 0 Å². The maximum Gasteiger partial charge on any atom is 0.0794 e. The lowest BCUT2D eigenvalue weighted by molar-refractivity contribution is 0.100. The van der Waals surface area contributed by atoms with E-state index in [4.69, 9.17) is 0 Å². The van der Waals surface area contributed by atoms with Gasteiger partial charge in [-0.3, -0.25) is 0 Å². The third-order valence-corrected chi connectivity index (χ3v) is 3.71. The summed E-state index contributed by atoms with van der Waals surface area (Å²) in [5, 5.41) is 12.0. The van der Waals surface area contributed by atoms with E-state index in [9.17, 15) is 5.11 Å². The van der Waals surface area contributed by atoms with Crippen LogP contribution in [0.1, 0.15) is 37.8 Å². The van der Waals surface area contributed by atoms with Gasteiger partial charge in [0.05, 0.1) is 17.3 Å². The molecule has 3 heteroatoms. The van der Waals surface area contributed by atoms with Crippen molar-refractivity contribution in [2.24, 2.45) is 5.92 Å². The zero-order chi connectivity index (χ0) is 9.80. The van der Waals surface area contributed by atoms with Gasteiger partial charge in [0.1, 0.15) is 0 Å². The molecule has 14 heavy (non-hydrogen) atoms. The predicted molar refractivity (Wildman–Crippen MR) is 58.4 cm³/mol. The van der Waals surface area contributed by atoms with Gasteiger partial charge in [0, 0.05) is 5.38 Å². The summed E-state index contributed by atoms with van der Waals surface area (Å²) in [5.74, 6) is 0.444. The Morgan fingerprint density at radius 2 is 2.21 bits per heavy atom. The third-order valence-electron chi connectivity index (χ3n) is 3.07. The van der Waals surface area contributed by atoms with Crippen molar-refractivity contribution in [3.05, 3.63) is 16.6 Å². The first kappa shape index (κ1) is 10.1. The molecule has 1 saturated carbocycles. The van der Waals surface area contributed by atoms with Crippen LogP contribution < -0.4 is 0 Å². The first-order chi connectivity index (χ1) is 6.86. The van der Waals surface area contributed by atoms with Gasteiger partial charge in [-0.05, 0) is 25.2 Å². The average Bonchev–Trinajstić information content (AvgIpc) is 2.60. The molecule has 0 saturated heterocycles. The van der Waals surface area contributed by atoms with E-state index in [1.807, 2.05) is 5.51 Å². The predicted octanol–water partition coefficient (Wildman–Crippen LogP) is 2.63. The first-order valence-corrected chi connectivity index (χ1v) is 6.35. The Bertz CT molecular complexity index is 260. The van der Waals surface area contributed by atoms with Crippen LogP contribution >= 0.6 is 11.3 Å². The highest BCUT2D eigenvalue weighted by molar-refractivity contribution is 7.07. The van der Waals surface area contributed by atoms with Gasteiger partial charge in [0.25, 0.3) is 0 Å². The number of rotatable bonds is 2. The SMILES string of the molecule is OC1CCCCCC1Cc1cscn1. The molecule has 78 valence electrons. The van der Waals surface area contributed by atoms with Gasteiger partial charge < -0.3 is 5.11 Å².